The van der Waals surface area contributed by atoms with Gasteiger partial charge in [-0.3, -0.25) is 4.79 Å². The summed E-state index contributed by atoms with van der Waals surface area (Å²) in [5.74, 6) is 1.00. The highest BCUT2D eigenvalue weighted by Crippen LogP contribution is 2.54. The molecule has 4 rings (SSSR count). The minimum Gasteiger partial charge on any atom is -0.462 e. The van der Waals surface area contributed by atoms with Crippen LogP contribution in [-0.4, -0.2) is 23.9 Å². The second kappa shape index (κ2) is 4.33. The highest BCUT2D eigenvalue weighted by Gasteiger charge is 2.59. The maximum atomic E-state index is 11.2. The molecule has 0 spiro atoms. The molecule has 1 aromatic carbocycles. The van der Waals surface area contributed by atoms with Crippen molar-refractivity contribution in [2.45, 2.75) is 32.0 Å². The Bertz CT molecular complexity index is 568. The van der Waals surface area contributed by atoms with Gasteiger partial charge in [0, 0.05) is 18.8 Å². The molecule has 104 valence electrons. The van der Waals surface area contributed by atoms with Gasteiger partial charge in [0.15, 0.2) is 0 Å². The van der Waals surface area contributed by atoms with E-state index < -0.39 is 0 Å². The first-order chi connectivity index (χ1) is 9.74. The summed E-state index contributed by atoms with van der Waals surface area (Å²) in [5.41, 5.74) is 2.22. The van der Waals surface area contributed by atoms with E-state index in [9.17, 15) is 4.79 Å². The Kier molecular flexibility index (Phi) is 2.59. The van der Waals surface area contributed by atoms with Crippen molar-refractivity contribution < 1.29 is 14.4 Å². The second-order valence-corrected chi connectivity index (χ2v) is 5.98. The molecule has 0 saturated heterocycles. The van der Waals surface area contributed by atoms with E-state index in [1.165, 1.54) is 6.92 Å². The number of rotatable bonds is 2. The van der Waals surface area contributed by atoms with Crippen molar-refractivity contribution in [2.24, 2.45) is 22.9 Å². The summed E-state index contributed by atoms with van der Waals surface area (Å²) in [5, 5.41) is 4.32. The van der Waals surface area contributed by atoms with Crippen LogP contribution in [0.1, 0.15) is 25.3 Å². The van der Waals surface area contributed by atoms with Gasteiger partial charge in [-0.2, -0.15) is 0 Å². The third kappa shape index (κ3) is 1.67. The Morgan fingerprint density at radius 3 is 2.85 bits per heavy atom. The summed E-state index contributed by atoms with van der Waals surface area (Å²) in [6.45, 7) is 1.48. The smallest absolute Gasteiger partial charge is 0.302 e. The van der Waals surface area contributed by atoms with E-state index in [1.807, 2.05) is 18.2 Å². The van der Waals surface area contributed by atoms with Gasteiger partial charge in [0.25, 0.3) is 0 Å². The first-order valence-corrected chi connectivity index (χ1v) is 7.20. The molecule has 4 nitrogen and oxygen atoms in total. The van der Waals surface area contributed by atoms with Crippen LogP contribution in [0.25, 0.3) is 0 Å². The molecule has 20 heavy (non-hydrogen) atoms. The number of nitrogens with zero attached hydrogens (tertiary/aromatic N) is 1. The Hall–Kier alpha value is -1.84. The van der Waals surface area contributed by atoms with Gasteiger partial charge in [0.2, 0.25) is 0 Å². The molecule has 1 aromatic rings. The van der Waals surface area contributed by atoms with Crippen LogP contribution < -0.4 is 0 Å². The Morgan fingerprint density at radius 1 is 1.30 bits per heavy atom. The van der Waals surface area contributed by atoms with Crippen LogP contribution >= 0.6 is 0 Å². The molecule has 2 aliphatic carbocycles. The van der Waals surface area contributed by atoms with Crippen LogP contribution in [0.5, 0.6) is 0 Å². The predicted molar refractivity (Wildman–Crippen MR) is 73.1 cm³/mol. The van der Waals surface area contributed by atoms with Crippen LogP contribution in [0, 0.1) is 17.8 Å². The minimum absolute atomic E-state index is 0.0177. The Morgan fingerprint density at radius 2 is 2.10 bits per heavy atom. The third-order valence-corrected chi connectivity index (χ3v) is 4.85. The largest absolute Gasteiger partial charge is 0.462 e. The van der Waals surface area contributed by atoms with Crippen molar-refractivity contribution in [3.05, 3.63) is 35.9 Å². The molecule has 0 unspecified atom stereocenters. The molecular formula is C16H17NO3. The number of hydrogen-bond donors (Lipinski definition) is 0. The number of carbonyl (C=O) groups excluding carboxylic acids is 1. The summed E-state index contributed by atoms with van der Waals surface area (Å²) in [4.78, 5) is 16.8. The zero-order chi connectivity index (χ0) is 13.7. The maximum Gasteiger partial charge on any atom is 0.302 e. The average molecular weight is 271 g/mol. The number of hydrogen-bond acceptors (Lipinski definition) is 4. The van der Waals surface area contributed by atoms with Crippen LogP contribution in [0.2, 0.25) is 0 Å². The molecule has 1 aliphatic heterocycles. The van der Waals surface area contributed by atoms with Crippen molar-refractivity contribution >= 4 is 11.7 Å². The normalized spacial score (nSPS) is 37.2. The molecule has 2 saturated carbocycles. The molecule has 2 fully saturated rings. The number of esters is 1. The quantitative estimate of drug-likeness (QED) is 0.776. The van der Waals surface area contributed by atoms with Gasteiger partial charge < -0.3 is 9.57 Å². The van der Waals surface area contributed by atoms with E-state index >= 15 is 0 Å². The Labute approximate surface area is 117 Å². The first-order valence-electron chi connectivity index (χ1n) is 7.20. The van der Waals surface area contributed by atoms with E-state index in [4.69, 9.17) is 9.57 Å². The van der Waals surface area contributed by atoms with Crippen LogP contribution in [0.15, 0.2) is 35.5 Å². The maximum absolute atomic E-state index is 11.2. The zero-order valence-corrected chi connectivity index (χ0v) is 11.4. The first kappa shape index (κ1) is 11.9. The van der Waals surface area contributed by atoms with E-state index in [-0.39, 0.29) is 18.2 Å². The van der Waals surface area contributed by atoms with Crippen LogP contribution in [0.3, 0.4) is 0 Å². The summed E-state index contributed by atoms with van der Waals surface area (Å²) in [6.07, 6.45) is 2.14. The fraction of sp³-hybridized carbons (Fsp3) is 0.500. The van der Waals surface area contributed by atoms with E-state index in [0.29, 0.717) is 17.8 Å². The molecular weight excluding hydrogens is 254 g/mol. The molecule has 5 atom stereocenters. The molecule has 4 heteroatoms. The van der Waals surface area contributed by atoms with Crippen LogP contribution in [-0.2, 0) is 14.4 Å². The number of fused-ring (bicyclic) bond motifs is 5. The second-order valence-electron chi connectivity index (χ2n) is 5.98. The molecule has 0 radical (unpaired) electrons. The predicted octanol–water partition coefficient (Wildman–Crippen LogP) is 2.38. The lowest BCUT2D eigenvalue weighted by molar-refractivity contribution is -0.152. The number of ether oxygens (including phenoxy) is 1. The van der Waals surface area contributed by atoms with Crippen molar-refractivity contribution in [1.82, 2.24) is 0 Å². The van der Waals surface area contributed by atoms with Gasteiger partial charge in [-0.25, -0.2) is 0 Å². The van der Waals surface area contributed by atoms with Gasteiger partial charge in [-0.05, 0) is 24.3 Å². The fourth-order valence-corrected chi connectivity index (χ4v) is 4.15. The molecule has 1 heterocycles. The van der Waals surface area contributed by atoms with Gasteiger partial charge in [-0.15, -0.1) is 0 Å². The highest BCUT2D eigenvalue weighted by molar-refractivity contribution is 6.03. The lowest BCUT2D eigenvalue weighted by atomic mass is 9.80. The number of benzene rings is 1. The van der Waals surface area contributed by atoms with Gasteiger partial charge >= 0.3 is 5.97 Å². The SMILES string of the molecule is CC(=O)O[C@H]1C[C@@H]2C[C@H]1[C@H]1ON=C(c3ccccc3)[C@@H]21. The average Bonchev–Trinajstić information content (AvgIpc) is 3.09. The zero-order valence-electron chi connectivity index (χ0n) is 11.4. The molecule has 0 N–H and O–H groups in total. The van der Waals surface area contributed by atoms with Gasteiger partial charge in [0.05, 0.1) is 5.71 Å². The lowest BCUT2D eigenvalue weighted by Crippen LogP contribution is -2.38. The number of oxime groups is 1. The molecule has 2 bridgehead atoms. The summed E-state index contributed by atoms with van der Waals surface area (Å²) in [7, 11) is 0. The summed E-state index contributed by atoms with van der Waals surface area (Å²) in [6, 6.07) is 10.2. The standard InChI is InChI=1S/C16H17NO3/c1-9(18)19-13-8-11-7-12(13)16-14(11)15(17-20-16)10-5-3-2-4-6-10/h2-6,11-14,16H,7-8H2,1H3/t11-,12+,13-,14+,16+/m0/s1. The molecule has 0 amide bonds. The molecule has 0 aromatic heterocycles. The number of carbonyl (C=O) groups is 1. The van der Waals surface area contributed by atoms with E-state index in [2.05, 4.69) is 17.3 Å². The fourth-order valence-electron chi connectivity index (χ4n) is 4.15. The third-order valence-electron chi connectivity index (χ3n) is 4.85. The van der Waals surface area contributed by atoms with Crippen molar-refractivity contribution in [2.75, 3.05) is 0 Å². The Balaban J connectivity index is 1.57. The lowest BCUT2D eigenvalue weighted by Gasteiger charge is -2.29. The van der Waals surface area contributed by atoms with Crippen molar-refractivity contribution in [1.29, 1.82) is 0 Å². The van der Waals surface area contributed by atoms with Crippen LogP contribution in [0.4, 0.5) is 0 Å². The topological polar surface area (TPSA) is 47.9 Å². The van der Waals surface area contributed by atoms with Gasteiger partial charge in [0.1, 0.15) is 12.2 Å². The van der Waals surface area contributed by atoms with Crippen molar-refractivity contribution in [3.8, 4) is 0 Å². The minimum atomic E-state index is -0.193. The van der Waals surface area contributed by atoms with Crippen molar-refractivity contribution in [3.63, 3.8) is 0 Å². The highest BCUT2D eigenvalue weighted by atomic mass is 16.6. The summed E-state index contributed by atoms with van der Waals surface area (Å²) >= 11 is 0. The van der Waals surface area contributed by atoms with E-state index in [0.717, 1.165) is 24.1 Å². The van der Waals surface area contributed by atoms with E-state index in [1.54, 1.807) is 0 Å². The molecule has 3 aliphatic rings. The monoisotopic (exact) mass is 271 g/mol. The van der Waals surface area contributed by atoms with Gasteiger partial charge in [-0.1, -0.05) is 35.5 Å². The summed E-state index contributed by atoms with van der Waals surface area (Å²) < 4.78 is 5.42.